The summed E-state index contributed by atoms with van der Waals surface area (Å²) in [5, 5.41) is 0. The van der Waals surface area contributed by atoms with Gasteiger partial charge in [0.25, 0.3) is 0 Å². The second-order valence-corrected chi connectivity index (χ2v) is 3.58. The van der Waals surface area contributed by atoms with Crippen molar-refractivity contribution >= 4 is 28.6 Å². The molecule has 1 aromatic rings. The molecule has 0 aliphatic heterocycles. The van der Waals surface area contributed by atoms with Gasteiger partial charge in [0.05, 0.1) is 6.54 Å². The van der Waals surface area contributed by atoms with Crippen LogP contribution in [0.4, 0.5) is 0 Å². The molecule has 1 rings (SSSR count). The summed E-state index contributed by atoms with van der Waals surface area (Å²) in [6, 6.07) is 7.96. The highest BCUT2D eigenvalue weighted by Gasteiger charge is 1.91. The molecule has 0 aliphatic carbocycles. The summed E-state index contributed by atoms with van der Waals surface area (Å²) < 4.78 is 1.17. The third-order valence-electron chi connectivity index (χ3n) is 1.32. The molecule has 0 unspecified atom stereocenters. The van der Waals surface area contributed by atoms with E-state index < -0.39 is 0 Å². The number of nitrogens with one attached hydrogen (secondary N) is 1. The molecule has 12 heavy (non-hydrogen) atoms. The van der Waals surface area contributed by atoms with Crippen LogP contribution in [0.3, 0.4) is 0 Å². The van der Waals surface area contributed by atoms with E-state index in [1.54, 1.807) is 0 Å². The summed E-state index contributed by atoms with van der Waals surface area (Å²) in [5.74, 6) is -0.117. The van der Waals surface area contributed by atoms with Crippen LogP contribution >= 0.6 is 22.6 Å². The Bertz CT molecular complexity index is 292. The number of nitrogens with zero attached hydrogens (tertiary/aromatic N) is 1. The first-order chi connectivity index (χ1) is 5.68. The Labute approximate surface area is 85.0 Å². The summed E-state index contributed by atoms with van der Waals surface area (Å²) in [6.45, 7) is 0.492. The molecule has 1 aromatic carbocycles. The van der Waals surface area contributed by atoms with Crippen LogP contribution < -0.4 is 11.5 Å². The monoisotopic (exact) mass is 274 g/mol. The van der Waals surface area contributed by atoms with Gasteiger partial charge >= 0.3 is 0 Å². The van der Waals surface area contributed by atoms with Crippen molar-refractivity contribution < 1.29 is 0 Å². The second kappa shape index (κ2) is 4.30. The van der Waals surface area contributed by atoms with E-state index in [4.69, 9.17) is 11.5 Å². The quantitative estimate of drug-likeness (QED) is 0.494. The Morgan fingerprint density at radius 3 is 2.92 bits per heavy atom. The highest BCUT2D eigenvalue weighted by atomic mass is 127. The fourth-order valence-corrected chi connectivity index (χ4v) is 1.42. The molecule has 0 aliphatic rings. The second-order valence-electron chi connectivity index (χ2n) is 2.33. The minimum absolute atomic E-state index is 0.117. The SMILES string of the molecule is [NH]C(N)=NCc1cccc(I)c1. The van der Waals surface area contributed by atoms with Crippen LogP contribution in [0.5, 0.6) is 0 Å². The van der Waals surface area contributed by atoms with Gasteiger partial charge in [-0.3, -0.25) is 5.73 Å². The topological polar surface area (TPSA) is 62.2 Å². The van der Waals surface area contributed by atoms with E-state index in [1.807, 2.05) is 24.3 Å². The molecule has 0 fully saturated rings. The zero-order chi connectivity index (χ0) is 8.97. The Kier molecular flexibility index (Phi) is 3.33. The maximum absolute atomic E-state index is 6.91. The first-order valence-electron chi connectivity index (χ1n) is 3.44. The molecule has 1 radical (unpaired) electrons. The highest BCUT2D eigenvalue weighted by Crippen LogP contribution is 2.08. The molecule has 63 valence electrons. The Balaban J connectivity index is 2.70. The van der Waals surface area contributed by atoms with Crippen LogP contribution in [0.15, 0.2) is 29.3 Å². The van der Waals surface area contributed by atoms with Gasteiger partial charge in [-0.25, -0.2) is 4.99 Å². The third-order valence-corrected chi connectivity index (χ3v) is 1.99. The predicted octanol–water partition coefficient (Wildman–Crippen LogP) is 1.39. The zero-order valence-corrected chi connectivity index (χ0v) is 8.58. The number of aliphatic imine (C=N–C) groups is 1. The van der Waals surface area contributed by atoms with Gasteiger partial charge in [-0.1, -0.05) is 12.1 Å². The van der Waals surface area contributed by atoms with Crippen molar-refractivity contribution in [2.24, 2.45) is 10.7 Å². The number of hydrogen-bond donors (Lipinski definition) is 1. The number of rotatable bonds is 2. The first kappa shape index (κ1) is 9.31. The molecule has 0 spiro atoms. The first-order valence-corrected chi connectivity index (χ1v) is 4.52. The van der Waals surface area contributed by atoms with E-state index in [2.05, 4.69) is 27.6 Å². The third kappa shape index (κ3) is 3.08. The molecule has 0 bridgehead atoms. The minimum Gasteiger partial charge on any atom is -0.369 e. The summed E-state index contributed by atoms with van der Waals surface area (Å²) in [7, 11) is 0. The average Bonchev–Trinajstić information content (AvgIpc) is 2.01. The van der Waals surface area contributed by atoms with E-state index in [9.17, 15) is 0 Å². The van der Waals surface area contributed by atoms with Gasteiger partial charge in [-0.15, -0.1) is 0 Å². The molecule has 0 atom stereocenters. The molecule has 3 nitrogen and oxygen atoms in total. The van der Waals surface area contributed by atoms with Crippen LogP contribution in [0.1, 0.15) is 5.56 Å². The van der Waals surface area contributed by atoms with Gasteiger partial charge in [-0.05, 0) is 40.3 Å². The van der Waals surface area contributed by atoms with E-state index in [0.717, 1.165) is 5.56 Å². The normalized spacial score (nSPS) is 11.6. The fourth-order valence-electron chi connectivity index (χ4n) is 0.812. The van der Waals surface area contributed by atoms with Crippen molar-refractivity contribution in [1.29, 1.82) is 0 Å². The van der Waals surface area contributed by atoms with Crippen LogP contribution in [0.25, 0.3) is 0 Å². The maximum Gasteiger partial charge on any atom is 0.208 e. The summed E-state index contributed by atoms with van der Waals surface area (Å²) in [6.07, 6.45) is 0. The van der Waals surface area contributed by atoms with Crippen molar-refractivity contribution in [3.05, 3.63) is 33.4 Å². The molecule has 3 N–H and O–H groups in total. The van der Waals surface area contributed by atoms with Crippen LogP contribution in [0.2, 0.25) is 0 Å². The summed E-state index contributed by atoms with van der Waals surface area (Å²) >= 11 is 2.24. The van der Waals surface area contributed by atoms with Crippen molar-refractivity contribution in [2.75, 3.05) is 0 Å². The molecule has 0 saturated carbocycles. The molecule has 0 heterocycles. The molecular formula is C8H9IN3. The van der Waals surface area contributed by atoms with Crippen molar-refractivity contribution in [2.45, 2.75) is 6.54 Å². The molecule has 4 heteroatoms. The largest absolute Gasteiger partial charge is 0.369 e. The van der Waals surface area contributed by atoms with Crippen molar-refractivity contribution in [1.82, 2.24) is 5.73 Å². The lowest BCUT2D eigenvalue weighted by molar-refractivity contribution is 1.05. The molecule has 0 saturated heterocycles. The van der Waals surface area contributed by atoms with E-state index >= 15 is 0 Å². The minimum atomic E-state index is -0.117. The summed E-state index contributed by atoms with van der Waals surface area (Å²) in [5.41, 5.74) is 13.1. The molecule has 0 amide bonds. The smallest absolute Gasteiger partial charge is 0.208 e. The van der Waals surface area contributed by atoms with E-state index in [1.165, 1.54) is 3.57 Å². The average molecular weight is 274 g/mol. The van der Waals surface area contributed by atoms with E-state index in [-0.39, 0.29) is 5.96 Å². The van der Waals surface area contributed by atoms with E-state index in [0.29, 0.717) is 6.54 Å². The lowest BCUT2D eigenvalue weighted by atomic mass is 10.2. The Morgan fingerprint density at radius 2 is 2.33 bits per heavy atom. The number of hydrogen-bond acceptors (Lipinski definition) is 1. The Morgan fingerprint density at radius 1 is 1.58 bits per heavy atom. The van der Waals surface area contributed by atoms with Crippen molar-refractivity contribution in [3.8, 4) is 0 Å². The lowest BCUT2D eigenvalue weighted by Gasteiger charge is -1.96. The fraction of sp³-hybridized carbons (Fsp3) is 0.125. The van der Waals surface area contributed by atoms with Gasteiger partial charge < -0.3 is 5.73 Å². The van der Waals surface area contributed by atoms with Gasteiger partial charge in [0.1, 0.15) is 0 Å². The molecule has 0 aromatic heterocycles. The van der Waals surface area contributed by atoms with Crippen LogP contribution in [0, 0.1) is 3.57 Å². The lowest BCUT2D eigenvalue weighted by Crippen LogP contribution is -2.12. The predicted molar refractivity (Wildman–Crippen MR) is 57.6 cm³/mol. The summed E-state index contributed by atoms with van der Waals surface area (Å²) in [4.78, 5) is 3.79. The van der Waals surface area contributed by atoms with Crippen LogP contribution in [-0.4, -0.2) is 5.96 Å². The van der Waals surface area contributed by atoms with Gasteiger partial charge in [0.2, 0.25) is 5.96 Å². The standard InChI is InChI=1S/C8H9IN3/c9-7-3-1-2-6(4-7)5-12-8(10)11/h1-4,10H,5H2,(H2,11,12). The number of guanidine groups is 1. The van der Waals surface area contributed by atoms with Gasteiger partial charge in [-0.2, -0.15) is 0 Å². The maximum atomic E-state index is 6.91. The number of nitrogens with two attached hydrogens (primary N) is 1. The van der Waals surface area contributed by atoms with Crippen molar-refractivity contribution in [3.63, 3.8) is 0 Å². The zero-order valence-electron chi connectivity index (χ0n) is 6.42. The highest BCUT2D eigenvalue weighted by molar-refractivity contribution is 14.1. The van der Waals surface area contributed by atoms with Gasteiger partial charge in [0, 0.05) is 3.57 Å². The van der Waals surface area contributed by atoms with Crippen LogP contribution in [-0.2, 0) is 6.54 Å². The number of halogens is 1. The Hall–Kier alpha value is -0.780. The number of benzene rings is 1. The van der Waals surface area contributed by atoms with Gasteiger partial charge in [0.15, 0.2) is 0 Å². The molecular weight excluding hydrogens is 265 g/mol.